The topological polar surface area (TPSA) is 51.9 Å². The molecule has 5 rings (SSSR count). The van der Waals surface area contributed by atoms with Crippen molar-refractivity contribution < 1.29 is 13.9 Å². The number of nitrogens with zero attached hydrogens (tertiary/aromatic N) is 1. The van der Waals surface area contributed by atoms with Crippen LogP contribution >= 0.6 is 11.3 Å². The fourth-order valence-corrected chi connectivity index (χ4v) is 6.19. The van der Waals surface area contributed by atoms with Gasteiger partial charge < -0.3 is 13.9 Å². The first-order chi connectivity index (χ1) is 16.9. The number of fused-ring (bicyclic) bond motifs is 2. The summed E-state index contributed by atoms with van der Waals surface area (Å²) >= 11 is 1.75. The lowest BCUT2D eigenvalue weighted by atomic mass is 9.90. The van der Waals surface area contributed by atoms with Gasteiger partial charge in [0, 0.05) is 29.4 Å². The predicted octanol–water partition coefficient (Wildman–Crippen LogP) is 6.45. The molecule has 4 aromatic rings. The molecule has 0 spiro atoms. The zero-order valence-corrected chi connectivity index (χ0v) is 21.7. The van der Waals surface area contributed by atoms with Gasteiger partial charge in [-0.3, -0.25) is 4.90 Å². The predicted molar refractivity (Wildman–Crippen MR) is 141 cm³/mol. The van der Waals surface area contributed by atoms with Crippen LogP contribution in [-0.4, -0.2) is 25.7 Å². The van der Waals surface area contributed by atoms with Gasteiger partial charge in [0.2, 0.25) is 0 Å². The van der Waals surface area contributed by atoms with E-state index in [-0.39, 0.29) is 11.7 Å². The summed E-state index contributed by atoms with van der Waals surface area (Å²) in [5.41, 5.74) is 6.28. The SMILES string of the molecule is COc1cc2c(cc1OC)[C@@H](c1cccs1)N(Cc1cc(=O)oc3cc(C)c(C(C)C)cc13)CC2. The second-order valence-electron chi connectivity index (χ2n) is 9.49. The molecule has 0 saturated heterocycles. The molecule has 0 fully saturated rings. The molecule has 1 aliphatic heterocycles. The Hall–Kier alpha value is -3.09. The monoisotopic (exact) mass is 489 g/mol. The van der Waals surface area contributed by atoms with Gasteiger partial charge in [-0.1, -0.05) is 19.9 Å². The Morgan fingerprint density at radius 1 is 1.11 bits per heavy atom. The van der Waals surface area contributed by atoms with Crippen LogP contribution in [0.25, 0.3) is 11.0 Å². The van der Waals surface area contributed by atoms with E-state index in [2.05, 4.69) is 61.4 Å². The minimum absolute atomic E-state index is 0.0656. The average molecular weight is 490 g/mol. The summed E-state index contributed by atoms with van der Waals surface area (Å²) in [7, 11) is 3.35. The normalized spacial score (nSPS) is 16.0. The number of thiophene rings is 1. The number of ether oxygens (including phenoxy) is 2. The maximum atomic E-state index is 12.5. The van der Waals surface area contributed by atoms with E-state index in [1.807, 2.05) is 6.07 Å². The van der Waals surface area contributed by atoms with Crippen LogP contribution < -0.4 is 15.1 Å². The molecular formula is C29H31NO4S. The van der Waals surface area contributed by atoms with Crippen LogP contribution in [0.3, 0.4) is 0 Å². The molecule has 3 heterocycles. The van der Waals surface area contributed by atoms with Gasteiger partial charge >= 0.3 is 5.63 Å². The molecule has 5 nitrogen and oxygen atoms in total. The first-order valence-corrected chi connectivity index (χ1v) is 12.9. The summed E-state index contributed by atoms with van der Waals surface area (Å²) in [6.07, 6.45) is 0.896. The summed E-state index contributed by atoms with van der Waals surface area (Å²) in [5, 5.41) is 3.13. The third-order valence-electron chi connectivity index (χ3n) is 7.00. The highest BCUT2D eigenvalue weighted by molar-refractivity contribution is 7.10. The molecule has 2 aromatic carbocycles. The summed E-state index contributed by atoms with van der Waals surface area (Å²) in [4.78, 5) is 16.3. The zero-order chi connectivity index (χ0) is 24.7. The second kappa shape index (κ2) is 9.51. The summed E-state index contributed by atoms with van der Waals surface area (Å²) in [6, 6.07) is 14.4. The minimum Gasteiger partial charge on any atom is -0.493 e. The van der Waals surface area contributed by atoms with E-state index < -0.39 is 0 Å². The maximum absolute atomic E-state index is 12.5. The van der Waals surface area contributed by atoms with Crippen LogP contribution in [0.2, 0.25) is 0 Å². The molecule has 1 atom stereocenters. The van der Waals surface area contributed by atoms with Crippen LogP contribution in [0.4, 0.5) is 0 Å². The van der Waals surface area contributed by atoms with Crippen molar-refractivity contribution in [3.8, 4) is 11.5 Å². The number of benzene rings is 2. The fourth-order valence-electron chi connectivity index (χ4n) is 5.31. The minimum atomic E-state index is -0.305. The summed E-state index contributed by atoms with van der Waals surface area (Å²) < 4.78 is 16.8. The van der Waals surface area contributed by atoms with Crippen molar-refractivity contribution in [3.05, 3.63) is 91.0 Å². The smallest absolute Gasteiger partial charge is 0.336 e. The Balaban J connectivity index is 1.63. The van der Waals surface area contributed by atoms with Crippen molar-refractivity contribution >= 4 is 22.3 Å². The van der Waals surface area contributed by atoms with Crippen LogP contribution in [0.1, 0.15) is 58.5 Å². The molecule has 0 N–H and O–H groups in total. The largest absolute Gasteiger partial charge is 0.493 e. The number of hydrogen-bond donors (Lipinski definition) is 0. The number of hydrogen-bond acceptors (Lipinski definition) is 6. The molecule has 0 unspecified atom stereocenters. The number of aryl methyl sites for hydroxylation is 1. The van der Waals surface area contributed by atoms with Crippen LogP contribution in [0, 0.1) is 6.92 Å². The maximum Gasteiger partial charge on any atom is 0.336 e. The van der Waals surface area contributed by atoms with Crippen molar-refractivity contribution in [2.45, 2.75) is 45.7 Å². The third kappa shape index (κ3) is 4.37. The lowest BCUT2D eigenvalue weighted by Gasteiger charge is -2.37. The van der Waals surface area contributed by atoms with Gasteiger partial charge in [0.25, 0.3) is 0 Å². The highest BCUT2D eigenvalue weighted by Gasteiger charge is 2.31. The second-order valence-corrected chi connectivity index (χ2v) is 10.5. The van der Waals surface area contributed by atoms with Crippen LogP contribution in [0.5, 0.6) is 11.5 Å². The van der Waals surface area contributed by atoms with Gasteiger partial charge in [-0.2, -0.15) is 0 Å². The van der Waals surface area contributed by atoms with Crippen molar-refractivity contribution in [1.82, 2.24) is 4.90 Å². The fraction of sp³-hybridized carbons (Fsp3) is 0.345. The lowest BCUT2D eigenvalue weighted by molar-refractivity contribution is 0.206. The van der Waals surface area contributed by atoms with E-state index in [0.717, 1.165) is 41.0 Å². The van der Waals surface area contributed by atoms with Crippen LogP contribution in [0.15, 0.2) is 57.1 Å². The molecule has 35 heavy (non-hydrogen) atoms. The summed E-state index contributed by atoms with van der Waals surface area (Å²) in [5.74, 6) is 1.88. The number of rotatable bonds is 6. The molecule has 0 bridgehead atoms. The van der Waals surface area contributed by atoms with Gasteiger partial charge in [0.05, 0.1) is 20.3 Å². The Kier molecular flexibility index (Phi) is 6.43. The molecule has 0 saturated carbocycles. The third-order valence-corrected chi connectivity index (χ3v) is 7.92. The Morgan fingerprint density at radius 3 is 2.57 bits per heavy atom. The Labute approximate surface area is 209 Å². The van der Waals surface area contributed by atoms with E-state index in [9.17, 15) is 4.79 Å². The summed E-state index contributed by atoms with van der Waals surface area (Å²) in [6.45, 7) is 8.00. The molecule has 0 radical (unpaired) electrons. The standard InChI is InChI=1S/C29H31NO4S/c1-17(2)21-14-22-20(13-28(31)34-24(22)11-18(21)3)16-30-9-8-19-12-25(32-4)26(33-5)15-23(19)29(30)27-7-6-10-35-27/h6-7,10-15,17,29H,8-9,16H2,1-5H3/t29-/m0/s1. The zero-order valence-electron chi connectivity index (χ0n) is 20.9. The number of methoxy groups -OCH3 is 2. The Bertz CT molecular complexity index is 1420. The van der Waals surface area contributed by atoms with E-state index in [1.54, 1.807) is 31.6 Å². The van der Waals surface area contributed by atoms with Gasteiger partial charge in [0.15, 0.2) is 11.5 Å². The van der Waals surface area contributed by atoms with Gasteiger partial charge in [-0.15, -0.1) is 11.3 Å². The van der Waals surface area contributed by atoms with Crippen molar-refractivity contribution in [2.24, 2.45) is 0 Å². The molecule has 182 valence electrons. The molecule has 6 heteroatoms. The average Bonchev–Trinajstić information content (AvgIpc) is 3.36. The van der Waals surface area contributed by atoms with Gasteiger partial charge in [-0.05, 0) is 82.8 Å². The molecular weight excluding hydrogens is 458 g/mol. The molecule has 0 aliphatic carbocycles. The highest BCUT2D eigenvalue weighted by atomic mass is 32.1. The van der Waals surface area contributed by atoms with E-state index in [1.165, 1.54) is 21.6 Å². The quantitative estimate of drug-likeness (QED) is 0.291. The van der Waals surface area contributed by atoms with Gasteiger partial charge in [0.1, 0.15) is 5.58 Å². The van der Waals surface area contributed by atoms with E-state index in [4.69, 9.17) is 13.9 Å². The first kappa shape index (κ1) is 23.6. The van der Waals surface area contributed by atoms with Crippen molar-refractivity contribution in [1.29, 1.82) is 0 Å². The highest BCUT2D eigenvalue weighted by Crippen LogP contribution is 2.43. The first-order valence-electron chi connectivity index (χ1n) is 12.0. The van der Waals surface area contributed by atoms with E-state index in [0.29, 0.717) is 18.0 Å². The van der Waals surface area contributed by atoms with Crippen molar-refractivity contribution in [2.75, 3.05) is 20.8 Å². The Morgan fingerprint density at radius 2 is 1.89 bits per heavy atom. The molecule has 2 aromatic heterocycles. The lowest BCUT2D eigenvalue weighted by Crippen LogP contribution is -2.35. The van der Waals surface area contributed by atoms with Crippen molar-refractivity contribution in [3.63, 3.8) is 0 Å². The van der Waals surface area contributed by atoms with Gasteiger partial charge in [-0.25, -0.2) is 4.79 Å². The van der Waals surface area contributed by atoms with Crippen LogP contribution in [-0.2, 0) is 13.0 Å². The molecule has 0 amide bonds. The molecule has 1 aliphatic rings. The van der Waals surface area contributed by atoms with E-state index >= 15 is 0 Å².